The minimum atomic E-state index is 0.643. The maximum Gasteiger partial charge on any atom is 0.164 e. The summed E-state index contributed by atoms with van der Waals surface area (Å²) in [6.45, 7) is 0. The van der Waals surface area contributed by atoms with Crippen molar-refractivity contribution in [3.63, 3.8) is 0 Å². The van der Waals surface area contributed by atoms with Gasteiger partial charge >= 0.3 is 0 Å². The highest BCUT2D eigenvalue weighted by Crippen LogP contribution is 2.38. The molecule has 0 unspecified atom stereocenters. The maximum atomic E-state index is 5.19. The molecule has 3 heteroatoms. The third-order valence-electron chi connectivity index (χ3n) is 9.16. The molecule has 0 atom stereocenters. The van der Waals surface area contributed by atoms with Gasteiger partial charge in [-0.15, -0.1) is 0 Å². The summed E-state index contributed by atoms with van der Waals surface area (Å²) in [6, 6.07) is 61.7. The average Bonchev–Trinajstić information content (AvgIpc) is 3.17. The summed E-state index contributed by atoms with van der Waals surface area (Å²) in [7, 11) is 0. The fourth-order valence-corrected chi connectivity index (χ4v) is 6.81. The SMILES string of the molecule is c1ccc(-c2ccc(-c3nc(-c4cccc5ccccc45)nc(-c4cccc5c(-c6cccc7ccccc67)cccc45)n3)cc2)cc1. The minimum Gasteiger partial charge on any atom is -0.208 e. The van der Waals surface area contributed by atoms with Gasteiger partial charge in [-0.3, -0.25) is 0 Å². The summed E-state index contributed by atoms with van der Waals surface area (Å²) >= 11 is 0. The van der Waals surface area contributed by atoms with E-state index in [9.17, 15) is 0 Å². The zero-order valence-corrected chi connectivity index (χ0v) is 26.1. The summed E-state index contributed by atoms with van der Waals surface area (Å²) in [6.07, 6.45) is 0. The normalized spacial score (nSPS) is 11.3. The van der Waals surface area contributed by atoms with Gasteiger partial charge in [0.15, 0.2) is 17.5 Å². The number of rotatable bonds is 5. The van der Waals surface area contributed by atoms with Crippen LogP contribution in [-0.2, 0) is 0 Å². The number of fused-ring (bicyclic) bond motifs is 3. The van der Waals surface area contributed by atoms with E-state index in [1.807, 2.05) is 6.07 Å². The third kappa shape index (κ3) is 4.90. The third-order valence-corrected chi connectivity index (χ3v) is 9.16. The Morgan fingerprint density at radius 2 is 0.604 bits per heavy atom. The highest BCUT2D eigenvalue weighted by atomic mass is 15.0. The van der Waals surface area contributed by atoms with Crippen molar-refractivity contribution in [2.24, 2.45) is 0 Å². The van der Waals surface area contributed by atoms with E-state index >= 15 is 0 Å². The van der Waals surface area contributed by atoms with Gasteiger partial charge in [-0.2, -0.15) is 0 Å². The Morgan fingerprint density at radius 1 is 0.229 bits per heavy atom. The van der Waals surface area contributed by atoms with Gasteiger partial charge in [-0.05, 0) is 54.6 Å². The Morgan fingerprint density at radius 3 is 1.25 bits per heavy atom. The van der Waals surface area contributed by atoms with Crippen molar-refractivity contribution in [3.05, 3.63) is 176 Å². The summed E-state index contributed by atoms with van der Waals surface area (Å²) in [5.74, 6) is 1.95. The molecule has 0 aliphatic heterocycles. The van der Waals surface area contributed by atoms with Crippen molar-refractivity contribution in [1.82, 2.24) is 15.0 Å². The molecule has 1 heterocycles. The topological polar surface area (TPSA) is 38.7 Å². The van der Waals surface area contributed by atoms with Gasteiger partial charge in [-0.25, -0.2) is 15.0 Å². The van der Waals surface area contributed by atoms with E-state index in [1.54, 1.807) is 0 Å². The van der Waals surface area contributed by atoms with Crippen LogP contribution in [0.3, 0.4) is 0 Å². The molecular weight excluding hydrogens is 583 g/mol. The lowest BCUT2D eigenvalue weighted by Crippen LogP contribution is -2.01. The predicted octanol–water partition coefficient (Wildman–Crippen LogP) is 11.7. The van der Waals surface area contributed by atoms with Crippen LogP contribution in [0.5, 0.6) is 0 Å². The highest BCUT2D eigenvalue weighted by molar-refractivity contribution is 6.08. The van der Waals surface area contributed by atoms with Crippen molar-refractivity contribution >= 4 is 32.3 Å². The average molecular weight is 612 g/mol. The van der Waals surface area contributed by atoms with Crippen LogP contribution in [0.15, 0.2) is 176 Å². The molecule has 0 aliphatic rings. The van der Waals surface area contributed by atoms with Crippen LogP contribution in [0.2, 0.25) is 0 Å². The Labute approximate surface area is 278 Å². The number of nitrogens with zero attached hydrogens (tertiary/aromatic N) is 3. The Hall–Kier alpha value is -6.45. The van der Waals surface area contributed by atoms with Crippen LogP contribution < -0.4 is 0 Å². The summed E-state index contributed by atoms with van der Waals surface area (Å²) in [5.41, 5.74) is 7.62. The monoisotopic (exact) mass is 611 g/mol. The number of benzene rings is 8. The van der Waals surface area contributed by atoms with E-state index in [0.717, 1.165) is 43.8 Å². The van der Waals surface area contributed by atoms with E-state index in [-0.39, 0.29) is 0 Å². The largest absolute Gasteiger partial charge is 0.208 e. The van der Waals surface area contributed by atoms with Crippen molar-refractivity contribution in [1.29, 1.82) is 0 Å². The summed E-state index contributed by atoms with van der Waals surface area (Å²) in [5, 5.41) is 6.98. The first kappa shape index (κ1) is 27.8. The van der Waals surface area contributed by atoms with Crippen LogP contribution in [-0.4, -0.2) is 15.0 Å². The van der Waals surface area contributed by atoms with Gasteiger partial charge < -0.3 is 0 Å². The summed E-state index contributed by atoms with van der Waals surface area (Å²) < 4.78 is 0. The second-order valence-electron chi connectivity index (χ2n) is 12.0. The zero-order valence-electron chi connectivity index (χ0n) is 26.1. The predicted molar refractivity (Wildman–Crippen MR) is 200 cm³/mol. The smallest absolute Gasteiger partial charge is 0.164 e. The molecule has 0 fully saturated rings. The molecule has 0 radical (unpaired) electrons. The Balaban J connectivity index is 1.25. The molecule has 224 valence electrons. The number of aromatic nitrogens is 3. The molecule has 8 aromatic carbocycles. The first-order chi connectivity index (χ1) is 23.8. The second-order valence-corrected chi connectivity index (χ2v) is 12.0. The van der Waals surface area contributed by atoms with Gasteiger partial charge in [0, 0.05) is 16.7 Å². The second kappa shape index (κ2) is 11.7. The molecule has 0 spiro atoms. The van der Waals surface area contributed by atoms with E-state index in [2.05, 4.69) is 170 Å². The van der Waals surface area contributed by atoms with Crippen LogP contribution in [0.4, 0.5) is 0 Å². The number of hydrogen-bond donors (Lipinski definition) is 0. The first-order valence-corrected chi connectivity index (χ1v) is 16.2. The van der Waals surface area contributed by atoms with E-state index in [4.69, 9.17) is 15.0 Å². The first-order valence-electron chi connectivity index (χ1n) is 16.2. The molecule has 48 heavy (non-hydrogen) atoms. The van der Waals surface area contributed by atoms with Crippen LogP contribution >= 0.6 is 0 Å². The lowest BCUT2D eigenvalue weighted by atomic mass is 9.92. The fourth-order valence-electron chi connectivity index (χ4n) is 6.81. The molecule has 3 nitrogen and oxygen atoms in total. The Kier molecular flexibility index (Phi) is 6.80. The molecule has 0 N–H and O–H groups in total. The van der Waals surface area contributed by atoms with Crippen molar-refractivity contribution < 1.29 is 0 Å². The Bertz CT molecular complexity index is 2600. The fraction of sp³-hybridized carbons (Fsp3) is 0. The van der Waals surface area contributed by atoms with E-state index in [1.165, 1.54) is 27.5 Å². The van der Waals surface area contributed by atoms with Gasteiger partial charge in [0.25, 0.3) is 0 Å². The molecule has 0 saturated heterocycles. The standard InChI is InChI=1S/C45H29N3/c1-2-12-30(13-3-1)31-26-28-34(29-27-31)43-46-44(41-24-9-17-33-15-5-7-19-36(33)41)48-45(47-43)42-25-11-22-39-38(21-10-23-40(39)42)37-20-8-16-32-14-4-6-18-35(32)37/h1-29H. The quantitative estimate of drug-likeness (QED) is 0.194. The van der Waals surface area contributed by atoms with E-state index < -0.39 is 0 Å². The molecule has 1 aromatic heterocycles. The van der Waals surface area contributed by atoms with Crippen LogP contribution in [0.25, 0.3) is 88.7 Å². The molecule has 0 saturated carbocycles. The van der Waals surface area contributed by atoms with Crippen molar-refractivity contribution in [2.75, 3.05) is 0 Å². The van der Waals surface area contributed by atoms with Gasteiger partial charge in [0.2, 0.25) is 0 Å². The molecule has 9 aromatic rings. The molecular formula is C45H29N3. The molecule has 9 rings (SSSR count). The highest BCUT2D eigenvalue weighted by Gasteiger charge is 2.17. The maximum absolute atomic E-state index is 5.19. The lowest BCUT2D eigenvalue weighted by Gasteiger charge is -2.14. The minimum absolute atomic E-state index is 0.643. The van der Waals surface area contributed by atoms with Gasteiger partial charge in [-0.1, -0.05) is 176 Å². The molecule has 0 amide bonds. The van der Waals surface area contributed by atoms with Gasteiger partial charge in [0.1, 0.15) is 0 Å². The van der Waals surface area contributed by atoms with E-state index in [0.29, 0.717) is 17.5 Å². The van der Waals surface area contributed by atoms with Crippen LogP contribution in [0, 0.1) is 0 Å². The molecule has 0 bridgehead atoms. The van der Waals surface area contributed by atoms with Crippen molar-refractivity contribution in [2.45, 2.75) is 0 Å². The van der Waals surface area contributed by atoms with Crippen LogP contribution in [0.1, 0.15) is 0 Å². The zero-order chi connectivity index (χ0) is 31.9. The summed E-state index contributed by atoms with van der Waals surface area (Å²) in [4.78, 5) is 15.5. The van der Waals surface area contributed by atoms with Crippen molar-refractivity contribution in [3.8, 4) is 56.4 Å². The van der Waals surface area contributed by atoms with Gasteiger partial charge in [0.05, 0.1) is 0 Å². The lowest BCUT2D eigenvalue weighted by molar-refractivity contribution is 1.08. The number of hydrogen-bond acceptors (Lipinski definition) is 3. The molecule has 0 aliphatic carbocycles.